The second kappa shape index (κ2) is 8.95. The minimum absolute atomic E-state index is 0.187. The summed E-state index contributed by atoms with van der Waals surface area (Å²) in [5.41, 5.74) is 1.03. The average molecular weight is 430 g/mol. The summed E-state index contributed by atoms with van der Waals surface area (Å²) >= 11 is 0. The first-order valence-electron chi connectivity index (χ1n) is 9.13. The van der Waals surface area contributed by atoms with E-state index in [1.165, 1.54) is 6.33 Å². The van der Waals surface area contributed by atoms with Gasteiger partial charge in [0, 0.05) is 6.07 Å². The van der Waals surface area contributed by atoms with E-state index in [9.17, 15) is 8.42 Å². The van der Waals surface area contributed by atoms with E-state index in [1.807, 2.05) is 0 Å². The quantitative estimate of drug-likeness (QED) is 0.554. The van der Waals surface area contributed by atoms with Crippen LogP contribution in [-0.2, 0) is 9.84 Å². The zero-order valence-electron chi connectivity index (χ0n) is 17.1. The molecule has 0 amide bonds. The predicted molar refractivity (Wildman–Crippen MR) is 115 cm³/mol. The molecular weight excluding hydrogens is 406 g/mol. The Morgan fingerprint density at radius 3 is 2.20 bits per heavy atom. The monoisotopic (exact) mass is 429 g/mol. The van der Waals surface area contributed by atoms with Gasteiger partial charge >= 0.3 is 0 Å². The molecule has 0 bridgehead atoms. The highest BCUT2D eigenvalue weighted by Crippen LogP contribution is 2.31. The Balaban J connectivity index is 1.88. The highest BCUT2D eigenvalue weighted by molar-refractivity contribution is 7.92. The lowest BCUT2D eigenvalue weighted by atomic mass is 10.2. The Hall–Kier alpha value is -3.40. The van der Waals surface area contributed by atoms with Crippen LogP contribution in [0.4, 0.5) is 23.3 Å². The Morgan fingerprint density at radius 2 is 1.57 bits per heavy atom. The van der Waals surface area contributed by atoms with Gasteiger partial charge in [-0.25, -0.2) is 18.4 Å². The number of para-hydroxylation sites is 1. The number of nitrogens with one attached hydrogen (secondary N) is 2. The maximum atomic E-state index is 12.6. The smallest absolute Gasteiger partial charge is 0.232 e. The molecule has 0 atom stereocenters. The van der Waals surface area contributed by atoms with Gasteiger partial charge in [-0.1, -0.05) is 12.1 Å². The first-order chi connectivity index (χ1) is 14.3. The number of anilines is 4. The van der Waals surface area contributed by atoms with Crippen LogP contribution in [0.5, 0.6) is 11.5 Å². The molecule has 0 radical (unpaired) electrons. The molecule has 3 aromatic rings. The van der Waals surface area contributed by atoms with Crippen molar-refractivity contribution in [1.29, 1.82) is 0 Å². The lowest BCUT2D eigenvalue weighted by Crippen LogP contribution is -2.16. The Labute approximate surface area is 175 Å². The summed E-state index contributed by atoms with van der Waals surface area (Å²) in [5.74, 6) is 1.67. The van der Waals surface area contributed by atoms with Gasteiger partial charge in [0.1, 0.15) is 17.8 Å². The fraction of sp³-hybridized carbons (Fsp3) is 0.250. The van der Waals surface area contributed by atoms with Crippen molar-refractivity contribution in [2.45, 2.75) is 24.0 Å². The van der Waals surface area contributed by atoms with E-state index in [0.717, 1.165) is 0 Å². The third-order valence-corrected chi connectivity index (χ3v) is 6.50. The topological polar surface area (TPSA) is 115 Å². The molecule has 0 aliphatic rings. The first-order valence-corrected chi connectivity index (χ1v) is 10.7. The summed E-state index contributed by atoms with van der Waals surface area (Å²) in [6.07, 6.45) is 1.33. The molecule has 2 aromatic carbocycles. The van der Waals surface area contributed by atoms with Crippen molar-refractivity contribution in [2.24, 2.45) is 0 Å². The van der Waals surface area contributed by atoms with Gasteiger partial charge in [-0.3, -0.25) is 0 Å². The van der Waals surface area contributed by atoms with Crippen molar-refractivity contribution >= 4 is 33.1 Å². The maximum absolute atomic E-state index is 12.6. The van der Waals surface area contributed by atoms with Crippen molar-refractivity contribution in [3.63, 3.8) is 0 Å². The summed E-state index contributed by atoms with van der Waals surface area (Å²) in [6, 6.07) is 11.9. The molecular formula is C20H23N5O4S. The summed E-state index contributed by atoms with van der Waals surface area (Å²) in [6.45, 7) is 3.28. The van der Waals surface area contributed by atoms with Crippen LogP contribution in [0.2, 0.25) is 0 Å². The molecule has 0 saturated heterocycles. The fourth-order valence-corrected chi connectivity index (χ4v) is 3.83. The second-order valence-corrected chi connectivity index (χ2v) is 9.01. The minimum Gasteiger partial charge on any atom is -0.497 e. The van der Waals surface area contributed by atoms with Gasteiger partial charge in [0.15, 0.2) is 9.84 Å². The molecule has 30 heavy (non-hydrogen) atoms. The molecule has 0 fully saturated rings. The van der Waals surface area contributed by atoms with E-state index in [0.29, 0.717) is 22.9 Å². The van der Waals surface area contributed by atoms with Crippen molar-refractivity contribution in [3.05, 3.63) is 48.8 Å². The van der Waals surface area contributed by atoms with Crippen LogP contribution in [0.3, 0.4) is 0 Å². The Bertz CT molecular complexity index is 1140. The summed E-state index contributed by atoms with van der Waals surface area (Å²) in [4.78, 5) is 12.7. The number of benzene rings is 2. The summed E-state index contributed by atoms with van der Waals surface area (Å²) in [5, 5.41) is 5.48. The molecule has 9 nitrogen and oxygen atoms in total. The van der Waals surface area contributed by atoms with Gasteiger partial charge in [-0.05, 0) is 38.1 Å². The molecule has 0 aliphatic heterocycles. The zero-order valence-corrected chi connectivity index (χ0v) is 17.9. The number of rotatable bonds is 8. The molecule has 1 aromatic heterocycles. The van der Waals surface area contributed by atoms with Crippen LogP contribution in [0.1, 0.15) is 13.8 Å². The van der Waals surface area contributed by atoms with Crippen molar-refractivity contribution in [1.82, 2.24) is 15.0 Å². The first kappa shape index (κ1) is 21.3. The number of methoxy groups -OCH3 is 2. The van der Waals surface area contributed by atoms with E-state index >= 15 is 0 Å². The van der Waals surface area contributed by atoms with Crippen molar-refractivity contribution in [2.75, 3.05) is 24.9 Å². The van der Waals surface area contributed by atoms with Crippen molar-refractivity contribution in [3.8, 4) is 11.5 Å². The van der Waals surface area contributed by atoms with E-state index in [-0.39, 0.29) is 16.8 Å². The Kier molecular flexibility index (Phi) is 6.36. The number of hydrogen-bond donors (Lipinski definition) is 2. The lowest BCUT2D eigenvalue weighted by Gasteiger charge is -2.14. The highest BCUT2D eigenvalue weighted by Gasteiger charge is 2.22. The summed E-state index contributed by atoms with van der Waals surface area (Å²) < 4.78 is 35.8. The maximum Gasteiger partial charge on any atom is 0.232 e. The van der Waals surface area contributed by atoms with Gasteiger partial charge in [0.2, 0.25) is 11.9 Å². The van der Waals surface area contributed by atoms with Crippen LogP contribution < -0.4 is 20.1 Å². The van der Waals surface area contributed by atoms with Gasteiger partial charge in [-0.15, -0.1) is 0 Å². The molecule has 2 N–H and O–H groups in total. The molecule has 0 unspecified atom stereocenters. The van der Waals surface area contributed by atoms with Gasteiger partial charge in [-0.2, -0.15) is 4.98 Å². The van der Waals surface area contributed by atoms with Crippen molar-refractivity contribution < 1.29 is 17.9 Å². The second-order valence-electron chi connectivity index (χ2n) is 6.54. The predicted octanol–water partition coefficient (Wildman–Crippen LogP) is 3.56. The van der Waals surface area contributed by atoms with E-state index < -0.39 is 15.1 Å². The Morgan fingerprint density at radius 1 is 0.900 bits per heavy atom. The van der Waals surface area contributed by atoms with Gasteiger partial charge in [0.25, 0.3) is 0 Å². The number of ether oxygens (including phenoxy) is 2. The molecule has 0 saturated carbocycles. The molecule has 1 heterocycles. The lowest BCUT2D eigenvalue weighted by molar-refractivity contribution is 0.395. The molecule has 10 heteroatoms. The number of hydrogen-bond acceptors (Lipinski definition) is 9. The number of aromatic nitrogens is 3. The van der Waals surface area contributed by atoms with E-state index in [4.69, 9.17) is 9.47 Å². The third-order valence-electron chi connectivity index (χ3n) is 4.29. The standard InChI is InChI=1S/C20H23N5O4S/c1-13(2)30(26,27)18-8-6-5-7-16(18)24-20-22-12-21-19(25-20)23-15-10-9-14(28-3)11-17(15)29-4/h5-13H,1-4H3,(H2,21,22,23,24,25). The average Bonchev–Trinajstić information content (AvgIpc) is 2.74. The van der Waals surface area contributed by atoms with Crippen LogP contribution in [0, 0.1) is 0 Å². The largest absolute Gasteiger partial charge is 0.497 e. The van der Waals surface area contributed by atoms with Crippen LogP contribution in [0.25, 0.3) is 0 Å². The highest BCUT2D eigenvalue weighted by atomic mass is 32.2. The number of nitrogens with zero attached hydrogens (tertiary/aromatic N) is 3. The number of sulfone groups is 1. The van der Waals surface area contributed by atoms with Crippen LogP contribution in [-0.4, -0.2) is 42.8 Å². The third kappa shape index (κ3) is 4.60. The molecule has 158 valence electrons. The molecule has 0 spiro atoms. The minimum atomic E-state index is -3.48. The summed E-state index contributed by atoms with van der Waals surface area (Å²) in [7, 11) is -0.359. The molecule has 3 rings (SSSR count). The normalized spacial score (nSPS) is 11.2. The van der Waals surface area contributed by atoms with E-state index in [2.05, 4.69) is 25.6 Å². The van der Waals surface area contributed by atoms with Crippen LogP contribution in [0.15, 0.2) is 53.7 Å². The SMILES string of the molecule is COc1ccc(Nc2ncnc(Nc3ccccc3S(=O)(=O)C(C)C)n2)c(OC)c1. The van der Waals surface area contributed by atoms with Crippen LogP contribution >= 0.6 is 0 Å². The van der Waals surface area contributed by atoms with Gasteiger partial charge in [0.05, 0.1) is 35.7 Å². The zero-order chi connectivity index (χ0) is 21.7. The van der Waals surface area contributed by atoms with E-state index in [1.54, 1.807) is 70.5 Å². The fourth-order valence-electron chi connectivity index (χ4n) is 2.63. The van der Waals surface area contributed by atoms with Gasteiger partial charge < -0.3 is 20.1 Å². The molecule has 0 aliphatic carbocycles.